The largest absolute Gasteiger partial charge is 0.509 e. The molecule has 0 N–H and O–H groups in total. The first-order chi connectivity index (χ1) is 8.86. The Hall–Kier alpha value is -1.13. The number of halogens is 3. The number of rotatable bonds is 3. The number of aryl methyl sites for hydroxylation is 1. The molecule has 1 fully saturated rings. The Bertz CT molecular complexity index is 445. The zero-order chi connectivity index (χ0) is 14.0. The van der Waals surface area contributed by atoms with Crippen molar-refractivity contribution in [2.24, 2.45) is 5.92 Å². The first-order valence-corrected chi connectivity index (χ1v) is 6.83. The quantitative estimate of drug-likeness (QED) is 0.755. The molecule has 106 valence electrons. The third-order valence-electron chi connectivity index (χ3n) is 3.76. The van der Waals surface area contributed by atoms with Gasteiger partial charge < -0.3 is 17.7 Å². The lowest BCUT2D eigenvalue weighted by atomic mass is 9.79. The highest BCUT2D eigenvalue weighted by molar-refractivity contribution is 6.73. The molecule has 0 heterocycles. The molecule has 1 nitrogen and oxygen atoms in total. The van der Waals surface area contributed by atoms with Crippen molar-refractivity contribution in [3.05, 3.63) is 23.8 Å². The Morgan fingerprint density at radius 2 is 1.95 bits per heavy atom. The van der Waals surface area contributed by atoms with E-state index in [1.165, 1.54) is 18.6 Å². The fourth-order valence-corrected chi connectivity index (χ4v) is 2.67. The van der Waals surface area contributed by atoms with Crippen LogP contribution in [0.4, 0.5) is 12.9 Å². The van der Waals surface area contributed by atoms with Gasteiger partial charge in [0.2, 0.25) is 0 Å². The summed E-state index contributed by atoms with van der Waals surface area (Å²) in [7, 11) is 0. The van der Waals surface area contributed by atoms with Crippen LogP contribution in [0.25, 0.3) is 0 Å². The summed E-state index contributed by atoms with van der Waals surface area (Å²) in [6, 6.07) is 3.76. The molecule has 1 aliphatic carbocycles. The number of ether oxygens (including phenoxy) is 1. The smallest absolute Gasteiger partial charge is 0.490 e. The standard InChI is InChI=1S/C14H19BF3O/c1-10-4-3-5-13(8-10)19-14-7-6-12(9-11(14)2)15(16,17)18/h6-7,9-10,13H,3-5,8H2,1-2H3/q-1. The van der Waals surface area contributed by atoms with Gasteiger partial charge in [-0.05, 0) is 43.7 Å². The number of hydrogen-bond acceptors (Lipinski definition) is 1. The van der Waals surface area contributed by atoms with Crippen molar-refractivity contribution in [3.63, 3.8) is 0 Å². The van der Waals surface area contributed by atoms with Gasteiger partial charge in [-0.2, -0.15) is 0 Å². The van der Waals surface area contributed by atoms with E-state index in [-0.39, 0.29) is 6.10 Å². The third-order valence-corrected chi connectivity index (χ3v) is 3.76. The van der Waals surface area contributed by atoms with Gasteiger partial charge in [0.25, 0.3) is 0 Å². The van der Waals surface area contributed by atoms with Crippen LogP contribution in [0.2, 0.25) is 0 Å². The summed E-state index contributed by atoms with van der Waals surface area (Å²) < 4.78 is 43.8. The molecule has 1 aromatic rings. The topological polar surface area (TPSA) is 9.23 Å². The van der Waals surface area contributed by atoms with E-state index in [4.69, 9.17) is 4.74 Å². The van der Waals surface area contributed by atoms with Gasteiger partial charge in [-0.25, -0.2) is 0 Å². The van der Waals surface area contributed by atoms with Gasteiger partial charge in [-0.15, -0.1) is 5.46 Å². The van der Waals surface area contributed by atoms with E-state index < -0.39 is 12.4 Å². The van der Waals surface area contributed by atoms with Crippen molar-refractivity contribution >= 4 is 12.4 Å². The SMILES string of the molecule is Cc1cc([B-](F)(F)F)ccc1OC1CCCC(C)C1. The zero-order valence-corrected chi connectivity index (χ0v) is 11.3. The summed E-state index contributed by atoms with van der Waals surface area (Å²) >= 11 is 0. The second-order valence-electron chi connectivity index (χ2n) is 5.61. The van der Waals surface area contributed by atoms with E-state index in [9.17, 15) is 12.9 Å². The van der Waals surface area contributed by atoms with E-state index in [0.717, 1.165) is 25.3 Å². The van der Waals surface area contributed by atoms with Crippen LogP contribution in [0.3, 0.4) is 0 Å². The van der Waals surface area contributed by atoms with Gasteiger partial charge in [-0.3, -0.25) is 0 Å². The van der Waals surface area contributed by atoms with E-state index in [2.05, 4.69) is 6.92 Å². The molecular formula is C14H19BF3O-. The lowest BCUT2D eigenvalue weighted by Crippen LogP contribution is -2.34. The highest BCUT2D eigenvalue weighted by Gasteiger charge is 2.26. The van der Waals surface area contributed by atoms with E-state index in [1.54, 1.807) is 6.92 Å². The second kappa shape index (κ2) is 5.47. The molecule has 2 unspecified atom stereocenters. The Balaban J connectivity index is 2.09. The maximum Gasteiger partial charge on any atom is 0.509 e. The lowest BCUT2D eigenvalue weighted by Gasteiger charge is -2.28. The van der Waals surface area contributed by atoms with Crippen LogP contribution in [0.5, 0.6) is 5.75 Å². The molecule has 2 atom stereocenters. The Labute approximate surface area is 112 Å². The monoisotopic (exact) mass is 271 g/mol. The molecule has 1 saturated carbocycles. The van der Waals surface area contributed by atoms with Crippen LogP contribution in [-0.4, -0.2) is 13.1 Å². The van der Waals surface area contributed by atoms with Crippen molar-refractivity contribution < 1.29 is 17.7 Å². The molecule has 0 spiro atoms. The van der Waals surface area contributed by atoms with Crippen molar-refractivity contribution in [3.8, 4) is 5.75 Å². The molecule has 0 saturated heterocycles. The summed E-state index contributed by atoms with van der Waals surface area (Å²) in [4.78, 5) is 0. The zero-order valence-electron chi connectivity index (χ0n) is 11.3. The normalized spacial score (nSPS) is 24.3. The first kappa shape index (κ1) is 14.3. The minimum atomic E-state index is -4.93. The lowest BCUT2D eigenvalue weighted by molar-refractivity contribution is 0.128. The molecule has 0 bridgehead atoms. The third kappa shape index (κ3) is 3.67. The summed E-state index contributed by atoms with van der Waals surface area (Å²) in [6.07, 6.45) is 4.48. The van der Waals surface area contributed by atoms with Crippen LogP contribution >= 0.6 is 0 Å². The fourth-order valence-electron chi connectivity index (χ4n) is 2.67. The Morgan fingerprint density at radius 3 is 2.53 bits per heavy atom. The molecule has 0 aliphatic heterocycles. The van der Waals surface area contributed by atoms with Crippen molar-refractivity contribution in [1.82, 2.24) is 0 Å². The van der Waals surface area contributed by atoms with E-state index >= 15 is 0 Å². The number of benzene rings is 1. The molecule has 5 heteroatoms. The van der Waals surface area contributed by atoms with E-state index in [1.807, 2.05) is 0 Å². The minimum absolute atomic E-state index is 0.143. The highest BCUT2D eigenvalue weighted by atomic mass is 19.4. The van der Waals surface area contributed by atoms with Crippen LogP contribution in [0.1, 0.15) is 38.2 Å². The molecular weight excluding hydrogens is 252 g/mol. The highest BCUT2D eigenvalue weighted by Crippen LogP contribution is 2.28. The van der Waals surface area contributed by atoms with Crippen molar-refractivity contribution in [1.29, 1.82) is 0 Å². The van der Waals surface area contributed by atoms with Crippen molar-refractivity contribution in [2.45, 2.75) is 45.6 Å². The van der Waals surface area contributed by atoms with Gasteiger partial charge in [-0.1, -0.05) is 25.5 Å². The minimum Gasteiger partial charge on any atom is -0.490 e. The van der Waals surface area contributed by atoms with Gasteiger partial charge >= 0.3 is 6.98 Å². The molecule has 19 heavy (non-hydrogen) atoms. The Kier molecular flexibility index (Phi) is 4.12. The van der Waals surface area contributed by atoms with Crippen LogP contribution in [0.15, 0.2) is 18.2 Å². The molecule has 0 aromatic heterocycles. The first-order valence-electron chi connectivity index (χ1n) is 6.83. The van der Waals surface area contributed by atoms with E-state index in [0.29, 0.717) is 17.2 Å². The second-order valence-corrected chi connectivity index (χ2v) is 5.61. The Morgan fingerprint density at radius 1 is 1.21 bits per heavy atom. The maximum absolute atomic E-state index is 12.6. The predicted octanol–water partition coefficient (Wildman–Crippen LogP) is 4.01. The fraction of sp³-hybridized carbons (Fsp3) is 0.571. The van der Waals surface area contributed by atoms with Crippen molar-refractivity contribution in [2.75, 3.05) is 0 Å². The molecule has 2 rings (SSSR count). The van der Waals surface area contributed by atoms with Gasteiger partial charge in [0, 0.05) is 0 Å². The van der Waals surface area contributed by atoms with Gasteiger partial charge in [0.05, 0.1) is 6.10 Å². The number of hydrogen-bond donors (Lipinski definition) is 0. The summed E-state index contributed by atoms with van der Waals surface area (Å²) in [5.74, 6) is 1.22. The van der Waals surface area contributed by atoms with Gasteiger partial charge in [0.1, 0.15) is 5.75 Å². The summed E-state index contributed by atoms with van der Waals surface area (Å²) in [5, 5.41) is 0. The average Bonchev–Trinajstić information content (AvgIpc) is 2.30. The molecule has 0 radical (unpaired) electrons. The molecule has 1 aromatic carbocycles. The summed E-state index contributed by atoms with van der Waals surface area (Å²) in [5.41, 5.74) is 0.0109. The molecule has 0 amide bonds. The van der Waals surface area contributed by atoms with Crippen LogP contribution in [0, 0.1) is 12.8 Å². The summed E-state index contributed by atoms with van der Waals surface area (Å²) in [6.45, 7) is -1.06. The van der Waals surface area contributed by atoms with Gasteiger partial charge in [0.15, 0.2) is 0 Å². The van der Waals surface area contributed by atoms with Crippen LogP contribution in [-0.2, 0) is 0 Å². The van der Waals surface area contributed by atoms with Crippen LogP contribution < -0.4 is 10.2 Å². The maximum atomic E-state index is 12.6. The molecule has 1 aliphatic rings. The predicted molar refractivity (Wildman–Crippen MR) is 71.9 cm³/mol. The average molecular weight is 271 g/mol.